The maximum absolute atomic E-state index is 12.6. The summed E-state index contributed by atoms with van der Waals surface area (Å²) in [7, 11) is -3.81. The highest BCUT2D eigenvalue weighted by Crippen LogP contribution is 2.33. The number of nitrogens with one attached hydrogen (secondary N) is 1. The number of carbonyl (C=O) groups excluding carboxylic acids is 1. The molecule has 1 aliphatic heterocycles. The van der Waals surface area contributed by atoms with Crippen molar-refractivity contribution in [2.75, 3.05) is 4.72 Å². The average Bonchev–Trinajstić information content (AvgIpc) is 3.13. The third kappa shape index (κ3) is 6.05. The predicted molar refractivity (Wildman–Crippen MR) is 125 cm³/mol. The molecular weight excluding hydrogens is 474 g/mol. The van der Waals surface area contributed by atoms with E-state index in [-0.39, 0.29) is 40.0 Å². The number of hydrogen-bond donors (Lipinski definition) is 1. The van der Waals surface area contributed by atoms with Crippen LogP contribution in [0.5, 0.6) is 5.75 Å². The molecule has 1 aromatic heterocycles. The summed E-state index contributed by atoms with van der Waals surface area (Å²) in [6, 6.07) is 4.18. The zero-order valence-electron chi connectivity index (χ0n) is 18.7. The lowest BCUT2D eigenvalue weighted by Gasteiger charge is -2.42. The van der Waals surface area contributed by atoms with Crippen LogP contribution >= 0.6 is 22.9 Å². The summed E-state index contributed by atoms with van der Waals surface area (Å²) in [5.41, 5.74) is 0.978. The monoisotopic (exact) mass is 501 g/mol. The molecule has 32 heavy (non-hydrogen) atoms. The second kappa shape index (κ2) is 9.44. The molecule has 0 radical (unpaired) electrons. The molecule has 8 nitrogen and oxygen atoms in total. The number of piperidine rings is 1. The Morgan fingerprint density at radius 2 is 1.91 bits per heavy atom. The van der Waals surface area contributed by atoms with Crippen molar-refractivity contribution < 1.29 is 22.7 Å². The van der Waals surface area contributed by atoms with Crippen LogP contribution in [0.3, 0.4) is 0 Å². The number of ether oxygens (including phenoxy) is 2. The minimum Gasteiger partial charge on any atom is -0.489 e. The van der Waals surface area contributed by atoms with Gasteiger partial charge < -0.3 is 14.4 Å². The Morgan fingerprint density at radius 3 is 2.44 bits per heavy atom. The molecule has 1 unspecified atom stereocenters. The van der Waals surface area contributed by atoms with E-state index in [1.54, 1.807) is 16.3 Å². The number of hydrogen-bond acceptors (Lipinski definition) is 7. The number of halogens is 1. The minimum absolute atomic E-state index is 0.0179. The standard InChI is InChI=1S/C21H28ClN3O5S2/c1-13-8-15(9-14(2)25(13)20(26)30-21(3,4)5)29-18-7-6-16(10-17(18)22)32(27,28)24-19-11-31-12-23-19/h6-7,10-15,24H,8-9H2,1-5H3/t13-,14+,15?. The van der Waals surface area contributed by atoms with Crippen LogP contribution in [0.2, 0.25) is 5.02 Å². The van der Waals surface area contributed by atoms with Gasteiger partial charge in [0.2, 0.25) is 0 Å². The van der Waals surface area contributed by atoms with Crippen molar-refractivity contribution in [3.63, 3.8) is 0 Å². The lowest BCUT2D eigenvalue weighted by Crippen LogP contribution is -2.53. The molecule has 0 bridgehead atoms. The Kier molecular flexibility index (Phi) is 7.26. The molecule has 2 heterocycles. The van der Waals surface area contributed by atoms with Gasteiger partial charge in [-0.1, -0.05) is 11.6 Å². The summed E-state index contributed by atoms with van der Waals surface area (Å²) in [6.45, 7) is 9.44. The van der Waals surface area contributed by atoms with Crippen LogP contribution in [-0.4, -0.2) is 48.2 Å². The number of benzene rings is 1. The molecule has 11 heteroatoms. The van der Waals surface area contributed by atoms with Crippen molar-refractivity contribution in [2.45, 2.75) is 76.1 Å². The van der Waals surface area contributed by atoms with Gasteiger partial charge in [-0.3, -0.25) is 4.72 Å². The zero-order valence-corrected chi connectivity index (χ0v) is 21.1. The molecule has 2 aromatic rings. The largest absolute Gasteiger partial charge is 0.489 e. The molecular formula is C21H28ClN3O5S2. The highest BCUT2D eigenvalue weighted by Gasteiger charge is 2.37. The van der Waals surface area contributed by atoms with Gasteiger partial charge in [0.15, 0.2) is 5.82 Å². The van der Waals surface area contributed by atoms with Gasteiger partial charge >= 0.3 is 6.09 Å². The maximum Gasteiger partial charge on any atom is 0.410 e. The van der Waals surface area contributed by atoms with E-state index in [9.17, 15) is 13.2 Å². The number of carbonyl (C=O) groups is 1. The summed E-state index contributed by atoms with van der Waals surface area (Å²) >= 11 is 7.63. The number of likely N-dealkylation sites (tertiary alicyclic amines) is 1. The average molecular weight is 502 g/mol. The number of thiazole rings is 1. The Morgan fingerprint density at radius 1 is 1.25 bits per heavy atom. The molecule has 0 aliphatic carbocycles. The highest BCUT2D eigenvalue weighted by atomic mass is 35.5. The van der Waals surface area contributed by atoms with Crippen molar-refractivity contribution in [1.29, 1.82) is 0 Å². The normalized spacial score (nSPS) is 21.8. The molecule has 0 spiro atoms. The number of rotatable bonds is 5. The van der Waals surface area contributed by atoms with E-state index < -0.39 is 15.6 Å². The third-order valence-electron chi connectivity index (χ3n) is 4.94. The van der Waals surface area contributed by atoms with Crippen molar-refractivity contribution in [2.24, 2.45) is 0 Å². The summed E-state index contributed by atoms with van der Waals surface area (Å²) in [6.07, 6.45) is 0.694. The van der Waals surface area contributed by atoms with Crippen molar-refractivity contribution in [3.8, 4) is 5.75 Å². The SMILES string of the molecule is C[C@@H]1CC(Oc2ccc(S(=O)(=O)Nc3cscn3)cc2Cl)C[C@H](C)N1C(=O)OC(C)(C)C. The quantitative estimate of drug-likeness (QED) is 0.608. The van der Waals surface area contributed by atoms with Crippen molar-refractivity contribution in [3.05, 3.63) is 34.1 Å². The third-order valence-corrected chi connectivity index (χ3v) is 7.17. The number of nitrogens with zero attached hydrogens (tertiary/aromatic N) is 2. The lowest BCUT2D eigenvalue weighted by atomic mass is 9.95. The van der Waals surface area contributed by atoms with Crippen LogP contribution in [0.15, 0.2) is 34.0 Å². The number of amides is 1. The summed E-state index contributed by atoms with van der Waals surface area (Å²) in [4.78, 5) is 18.3. The molecule has 1 fully saturated rings. The van der Waals surface area contributed by atoms with Crippen molar-refractivity contribution >= 4 is 44.9 Å². The fourth-order valence-corrected chi connectivity index (χ4v) is 5.55. The van der Waals surface area contributed by atoms with E-state index in [0.29, 0.717) is 18.6 Å². The van der Waals surface area contributed by atoms with Gasteiger partial charge in [-0.15, -0.1) is 11.3 Å². The van der Waals surface area contributed by atoms with Crippen LogP contribution in [0.4, 0.5) is 10.6 Å². The van der Waals surface area contributed by atoms with Gasteiger partial charge in [0.05, 0.1) is 15.4 Å². The fourth-order valence-electron chi connectivity index (χ4n) is 3.67. The Bertz CT molecular complexity index is 1040. The van der Waals surface area contributed by atoms with E-state index >= 15 is 0 Å². The number of anilines is 1. The van der Waals surface area contributed by atoms with E-state index in [0.717, 1.165) is 0 Å². The van der Waals surface area contributed by atoms with Crippen LogP contribution in [0, 0.1) is 0 Å². The first-order valence-corrected chi connectivity index (χ1v) is 13.0. The first-order chi connectivity index (χ1) is 14.9. The fraction of sp³-hybridized carbons (Fsp3) is 0.524. The molecule has 3 atom stereocenters. The van der Waals surface area contributed by atoms with E-state index in [1.807, 2.05) is 34.6 Å². The smallest absolute Gasteiger partial charge is 0.410 e. The summed E-state index contributed by atoms with van der Waals surface area (Å²) < 4.78 is 39.1. The second-order valence-corrected chi connectivity index (χ2v) is 11.7. The minimum atomic E-state index is -3.81. The highest BCUT2D eigenvalue weighted by molar-refractivity contribution is 7.92. The first kappa shape index (κ1) is 24.6. The van der Waals surface area contributed by atoms with Gasteiger partial charge in [-0.25, -0.2) is 18.2 Å². The Hall–Kier alpha value is -2.04. The molecule has 176 valence electrons. The Labute approximate surface area is 197 Å². The van der Waals surface area contributed by atoms with Crippen LogP contribution in [0.25, 0.3) is 0 Å². The first-order valence-electron chi connectivity index (χ1n) is 10.2. The molecule has 1 N–H and O–H groups in total. The number of sulfonamides is 1. The van der Waals surface area contributed by atoms with E-state index in [1.165, 1.54) is 29.0 Å². The molecule has 1 amide bonds. The van der Waals surface area contributed by atoms with Crippen molar-refractivity contribution in [1.82, 2.24) is 9.88 Å². The second-order valence-electron chi connectivity index (χ2n) is 8.87. The van der Waals surface area contributed by atoms with E-state index in [4.69, 9.17) is 21.1 Å². The molecule has 3 rings (SSSR count). The van der Waals surface area contributed by atoms with Gasteiger partial charge in [-0.2, -0.15) is 0 Å². The van der Waals surface area contributed by atoms with Gasteiger partial charge in [0.25, 0.3) is 10.0 Å². The molecule has 1 saturated heterocycles. The summed E-state index contributed by atoms with van der Waals surface area (Å²) in [5.74, 6) is 0.653. The van der Waals surface area contributed by atoms with Crippen LogP contribution in [-0.2, 0) is 14.8 Å². The topological polar surface area (TPSA) is 97.8 Å². The Balaban J connectivity index is 1.67. The van der Waals surface area contributed by atoms with Crippen LogP contribution in [0.1, 0.15) is 47.5 Å². The zero-order chi connectivity index (χ0) is 23.7. The number of aromatic nitrogens is 1. The maximum atomic E-state index is 12.6. The van der Waals surface area contributed by atoms with Gasteiger partial charge in [0, 0.05) is 30.3 Å². The predicted octanol–water partition coefficient (Wildman–Crippen LogP) is 5.15. The lowest BCUT2D eigenvalue weighted by molar-refractivity contribution is -0.0179. The molecule has 0 saturated carbocycles. The summed E-state index contributed by atoms with van der Waals surface area (Å²) in [5, 5.41) is 1.80. The van der Waals surface area contributed by atoms with Crippen LogP contribution < -0.4 is 9.46 Å². The van der Waals surface area contributed by atoms with Gasteiger partial charge in [0.1, 0.15) is 17.5 Å². The van der Waals surface area contributed by atoms with E-state index in [2.05, 4.69) is 9.71 Å². The molecule has 1 aromatic carbocycles. The van der Waals surface area contributed by atoms with Gasteiger partial charge in [-0.05, 0) is 52.8 Å². The molecule has 1 aliphatic rings.